The first kappa shape index (κ1) is 23.2. The summed E-state index contributed by atoms with van der Waals surface area (Å²) in [5.41, 5.74) is 0. The topological polar surface area (TPSA) is 46.1 Å². The van der Waals surface area contributed by atoms with Crippen LogP contribution in [-0.4, -0.2) is 98.2 Å². The zero-order chi connectivity index (χ0) is 19.4. The Bertz CT molecular complexity index is 366. The van der Waals surface area contributed by atoms with Gasteiger partial charge in [-0.15, -0.1) is 0 Å². The van der Waals surface area contributed by atoms with E-state index in [0.29, 0.717) is 12.1 Å². The summed E-state index contributed by atoms with van der Waals surface area (Å²) in [5.74, 6) is 0.959. The van der Waals surface area contributed by atoms with Crippen molar-refractivity contribution in [2.45, 2.75) is 60.0 Å². The molecule has 0 saturated carbocycles. The fourth-order valence-corrected chi connectivity index (χ4v) is 3.56. The molecule has 154 valence electrons. The molecule has 0 aromatic carbocycles. The van der Waals surface area contributed by atoms with Crippen molar-refractivity contribution < 1.29 is 0 Å². The number of aliphatic imine (C=N–C) groups is 1. The van der Waals surface area contributed by atoms with Gasteiger partial charge in [0.1, 0.15) is 0 Å². The molecule has 1 saturated heterocycles. The van der Waals surface area contributed by atoms with Gasteiger partial charge < -0.3 is 15.5 Å². The van der Waals surface area contributed by atoms with E-state index in [1.807, 2.05) is 0 Å². The van der Waals surface area contributed by atoms with Gasteiger partial charge in [0.05, 0.1) is 0 Å². The van der Waals surface area contributed by atoms with E-state index in [-0.39, 0.29) is 0 Å². The van der Waals surface area contributed by atoms with Gasteiger partial charge in [-0.1, -0.05) is 6.92 Å². The second-order valence-corrected chi connectivity index (χ2v) is 7.74. The average Bonchev–Trinajstić information content (AvgIpc) is 2.61. The van der Waals surface area contributed by atoms with E-state index in [0.717, 1.165) is 45.1 Å². The molecule has 0 unspecified atom stereocenters. The smallest absolute Gasteiger partial charge is 0.191 e. The molecule has 1 aliphatic rings. The lowest BCUT2D eigenvalue weighted by molar-refractivity contribution is 0.139. The predicted molar refractivity (Wildman–Crippen MR) is 114 cm³/mol. The first-order valence-corrected chi connectivity index (χ1v) is 10.7. The monoisotopic (exact) mass is 368 g/mol. The number of nitrogens with one attached hydrogen (secondary N) is 2. The Balaban J connectivity index is 2.28. The van der Waals surface area contributed by atoms with Gasteiger partial charge in [-0.2, -0.15) is 0 Å². The van der Waals surface area contributed by atoms with Crippen molar-refractivity contribution in [1.29, 1.82) is 0 Å². The van der Waals surface area contributed by atoms with Crippen LogP contribution in [0.3, 0.4) is 0 Å². The Hall–Kier alpha value is -0.850. The third kappa shape index (κ3) is 9.19. The van der Waals surface area contributed by atoms with Gasteiger partial charge in [-0.25, -0.2) is 0 Å². The number of piperazine rings is 1. The van der Waals surface area contributed by atoms with Crippen LogP contribution in [0.2, 0.25) is 0 Å². The second kappa shape index (κ2) is 13.3. The van der Waals surface area contributed by atoms with Crippen molar-refractivity contribution >= 4 is 5.96 Å². The lowest BCUT2D eigenvalue weighted by Gasteiger charge is -2.34. The maximum atomic E-state index is 4.75. The molecule has 0 amide bonds. The van der Waals surface area contributed by atoms with Crippen LogP contribution in [0.5, 0.6) is 0 Å². The van der Waals surface area contributed by atoms with E-state index < -0.39 is 0 Å². The molecular formula is C20H44N6. The van der Waals surface area contributed by atoms with Gasteiger partial charge in [-0.05, 0) is 47.6 Å². The summed E-state index contributed by atoms with van der Waals surface area (Å²) >= 11 is 0. The van der Waals surface area contributed by atoms with Gasteiger partial charge >= 0.3 is 0 Å². The number of hydrogen-bond acceptors (Lipinski definition) is 4. The Morgan fingerprint density at radius 1 is 0.962 bits per heavy atom. The Kier molecular flexibility index (Phi) is 11.9. The Labute approximate surface area is 162 Å². The van der Waals surface area contributed by atoms with E-state index in [1.54, 1.807) is 0 Å². The van der Waals surface area contributed by atoms with E-state index in [1.165, 1.54) is 32.7 Å². The quantitative estimate of drug-likeness (QED) is 0.330. The largest absolute Gasteiger partial charge is 0.357 e. The first-order chi connectivity index (χ1) is 12.5. The van der Waals surface area contributed by atoms with Crippen molar-refractivity contribution in [3.8, 4) is 0 Å². The van der Waals surface area contributed by atoms with Crippen LogP contribution in [0.15, 0.2) is 4.99 Å². The summed E-state index contributed by atoms with van der Waals surface area (Å²) in [6, 6.07) is 1.19. The van der Waals surface area contributed by atoms with Crippen LogP contribution < -0.4 is 10.6 Å². The fourth-order valence-electron chi connectivity index (χ4n) is 3.56. The standard InChI is InChI=1S/C20H44N6/c1-7-21-20(22-10-9-12-26(18(3)4)19(5)6)23-11-13-25-16-14-24(8-2)15-17-25/h18-19H,7-17H2,1-6H3,(H2,21,22,23). The molecular weight excluding hydrogens is 324 g/mol. The maximum Gasteiger partial charge on any atom is 0.191 e. The number of nitrogens with zero attached hydrogens (tertiary/aromatic N) is 4. The van der Waals surface area contributed by atoms with Crippen LogP contribution in [0.4, 0.5) is 0 Å². The minimum absolute atomic E-state index is 0.596. The molecule has 0 aliphatic carbocycles. The third-order valence-corrected chi connectivity index (χ3v) is 5.15. The summed E-state index contributed by atoms with van der Waals surface area (Å²) in [7, 11) is 0. The van der Waals surface area contributed by atoms with Crippen molar-refractivity contribution in [1.82, 2.24) is 25.3 Å². The van der Waals surface area contributed by atoms with Crippen LogP contribution >= 0.6 is 0 Å². The highest BCUT2D eigenvalue weighted by atomic mass is 15.3. The van der Waals surface area contributed by atoms with Gasteiger partial charge in [0.2, 0.25) is 0 Å². The van der Waals surface area contributed by atoms with Crippen molar-refractivity contribution in [3.05, 3.63) is 0 Å². The Morgan fingerprint density at radius 2 is 1.58 bits per heavy atom. The molecule has 6 nitrogen and oxygen atoms in total. The number of hydrogen-bond donors (Lipinski definition) is 2. The lowest BCUT2D eigenvalue weighted by Crippen LogP contribution is -2.49. The van der Waals surface area contributed by atoms with Crippen molar-refractivity contribution in [3.63, 3.8) is 0 Å². The highest BCUT2D eigenvalue weighted by Gasteiger charge is 2.15. The summed E-state index contributed by atoms with van der Waals surface area (Å²) in [5, 5.41) is 6.87. The minimum Gasteiger partial charge on any atom is -0.357 e. The van der Waals surface area contributed by atoms with Gasteiger partial charge in [0, 0.05) is 71.0 Å². The van der Waals surface area contributed by atoms with E-state index in [4.69, 9.17) is 4.99 Å². The molecule has 0 atom stereocenters. The molecule has 26 heavy (non-hydrogen) atoms. The fraction of sp³-hybridized carbons (Fsp3) is 0.950. The summed E-state index contributed by atoms with van der Waals surface area (Å²) in [6.45, 7) is 24.4. The molecule has 1 fully saturated rings. The molecule has 0 aromatic heterocycles. The second-order valence-electron chi connectivity index (χ2n) is 7.74. The number of guanidine groups is 1. The van der Waals surface area contributed by atoms with Gasteiger partial charge in [0.15, 0.2) is 5.96 Å². The van der Waals surface area contributed by atoms with Crippen LogP contribution in [0.25, 0.3) is 0 Å². The zero-order valence-corrected chi connectivity index (χ0v) is 18.2. The zero-order valence-electron chi connectivity index (χ0n) is 18.2. The predicted octanol–water partition coefficient (Wildman–Crippen LogP) is 1.69. The van der Waals surface area contributed by atoms with E-state index >= 15 is 0 Å². The van der Waals surface area contributed by atoms with Crippen molar-refractivity contribution in [2.24, 2.45) is 4.99 Å². The summed E-state index contributed by atoms with van der Waals surface area (Å²) in [6.07, 6.45) is 1.10. The lowest BCUT2D eigenvalue weighted by atomic mass is 10.2. The molecule has 1 aliphatic heterocycles. The number of likely N-dealkylation sites (N-methyl/N-ethyl adjacent to an activating group) is 1. The van der Waals surface area contributed by atoms with Crippen LogP contribution in [0.1, 0.15) is 48.0 Å². The SMILES string of the molecule is CCNC(=NCCCN(C(C)C)C(C)C)NCCN1CCN(CC)CC1. The average molecular weight is 369 g/mol. The molecule has 2 N–H and O–H groups in total. The number of rotatable bonds is 11. The molecule has 6 heteroatoms. The maximum absolute atomic E-state index is 4.75. The molecule has 0 bridgehead atoms. The third-order valence-electron chi connectivity index (χ3n) is 5.15. The first-order valence-electron chi connectivity index (χ1n) is 10.7. The van der Waals surface area contributed by atoms with Crippen LogP contribution in [-0.2, 0) is 0 Å². The van der Waals surface area contributed by atoms with Gasteiger partial charge in [-0.3, -0.25) is 14.8 Å². The molecule has 0 spiro atoms. The van der Waals surface area contributed by atoms with Crippen molar-refractivity contribution in [2.75, 3.05) is 65.4 Å². The molecule has 0 radical (unpaired) electrons. The molecule has 1 heterocycles. The minimum atomic E-state index is 0.596. The highest BCUT2D eigenvalue weighted by Crippen LogP contribution is 2.05. The summed E-state index contributed by atoms with van der Waals surface area (Å²) < 4.78 is 0. The summed E-state index contributed by atoms with van der Waals surface area (Å²) in [4.78, 5) is 12.4. The van der Waals surface area contributed by atoms with Gasteiger partial charge in [0.25, 0.3) is 0 Å². The van der Waals surface area contributed by atoms with E-state index in [9.17, 15) is 0 Å². The Morgan fingerprint density at radius 3 is 2.12 bits per heavy atom. The highest BCUT2D eigenvalue weighted by molar-refractivity contribution is 5.79. The molecule has 0 aromatic rings. The van der Waals surface area contributed by atoms with Crippen LogP contribution in [0, 0.1) is 0 Å². The normalized spacial score (nSPS) is 17.5. The van der Waals surface area contributed by atoms with E-state index in [2.05, 4.69) is 66.9 Å². The molecule has 1 rings (SSSR count).